The summed E-state index contributed by atoms with van der Waals surface area (Å²) in [6.07, 6.45) is 0. The fraction of sp³-hybridized carbons (Fsp3) is 0.0667. The van der Waals surface area contributed by atoms with E-state index in [2.05, 4.69) is 5.32 Å². The van der Waals surface area contributed by atoms with E-state index >= 15 is 0 Å². The molecule has 0 radical (unpaired) electrons. The van der Waals surface area contributed by atoms with Crippen LogP contribution in [0.3, 0.4) is 0 Å². The molecule has 0 fully saturated rings. The molecular formula is C15H12FN3O. The van der Waals surface area contributed by atoms with Crippen molar-refractivity contribution in [1.82, 2.24) is 0 Å². The third-order valence-corrected chi connectivity index (χ3v) is 2.81. The minimum Gasteiger partial charge on any atom is -0.398 e. The molecular weight excluding hydrogens is 257 g/mol. The lowest BCUT2D eigenvalue weighted by atomic mass is 10.1. The van der Waals surface area contributed by atoms with Gasteiger partial charge in [0, 0.05) is 22.6 Å². The predicted octanol–water partition coefficient (Wildman–Crippen LogP) is 3.23. The Morgan fingerprint density at radius 2 is 1.90 bits per heavy atom. The van der Waals surface area contributed by atoms with Gasteiger partial charge in [0.15, 0.2) is 5.78 Å². The summed E-state index contributed by atoms with van der Waals surface area (Å²) >= 11 is 0. The lowest BCUT2D eigenvalue weighted by Gasteiger charge is -2.09. The van der Waals surface area contributed by atoms with Gasteiger partial charge in [-0.05, 0) is 43.3 Å². The van der Waals surface area contributed by atoms with Gasteiger partial charge in [0.2, 0.25) is 0 Å². The molecule has 0 saturated carbocycles. The number of benzene rings is 2. The highest BCUT2D eigenvalue weighted by Gasteiger charge is 2.07. The second-order valence-electron chi connectivity index (χ2n) is 4.29. The lowest BCUT2D eigenvalue weighted by molar-refractivity contribution is 0.101. The number of nitriles is 1. The van der Waals surface area contributed by atoms with Gasteiger partial charge >= 0.3 is 0 Å². The van der Waals surface area contributed by atoms with Crippen molar-refractivity contribution >= 4 is 22.8 Å². The van der Waals surface area contributed by atoms with Gasteiger partial charge in [0.25, 0.3) is 0 Å². The molecule has 0 atom stereocenters. The zero-order valence-electron chi connectivity index (χ0n) is 10.8. The van der Waals surface area contributed by atoms with Crippen LogP contribution in [0.2, 0.25) is 0 Å². The third kappa shape index (κ3) is 2.75. The molecule has 0 aliphatic carbocycles. The highest BCUT2D eigenvalue weighted by molar-refractivity contribution is 5.99. The summed E-state index contributed by atoms with van der Waals surface area (Å²) in [6.45, 7) is 1.44. The van der Waals surface area contributed by atoms with Crippen LogP contribution in [0.5, 0.6) is 0 Å². The number of hydrogen-bond donors (Lipinski definition) is 2. The van der Waals surface area contributed by atoms with Gasteiger partial charge in [-0.25, -0.2) is 4.39 Å². The standard InChI is InChI=1S/C15H12FN3O/c1-9(20)13-4-2-12(7-15(13)18)19-11-3-5-14(16)10(6-11)8-17/h2-7,19H,18H2,1H3. The number of carbonyl (C=O) groups is 1. The molecule has 20 heavy (non-hydrogen) atoms. The Balaban J connectivity index is 2.29. The second kappa shape index (κ2) is 5.41. The summed E-state index contributed by atoms with van der Waals surface area (Å²) in [6, 6.07) is 10.8. The van der Waals surface area contributed by atoms with Gasteiger partial charge in [0.1, 0.15) is 11.9 Å². The zero-order chi connectivity index (χ0) is 14.7. The van der Waals surface area contributed by atoms with Crippen molar-refractivity contribution in [3.8, 4) is 6.07 Å². The molecule has 0 spiro atoms. The van der Waals surface area contributed by atoms with Crippen LogP contribution in [0, 0.1) is 17.1 Å². The predicted molar refractivity (Wildman–Crippen MR) is 75.3 cm³/mol. The Kier molecular flexibility index (Phi) is 3.67. The number of halogens is 1. The fourth-order valence-corrected chi connectivity index (χ4v) is 1.82. The van der Waals surface area contributed by atoms with E-state index < -0.39 is 5.82 Å². The third-order valence-electron chi connectivity index (χ3n) is 2.81. The molecule has 3 N–H and O–H groups in total. The first kappa shape index (κ1) is 13.6. The second-order valence-corrected chi connectivity index (χ2v) is 4.29. The van der Waals surface area contributed by atoms with Crippen LogP contribution in [0.4, 0.5) is 21.5 Å². The number of anilines is 3. The average Bonchev–Trinajstić information content (AvgIpc) is 2.40. The smallest absolute Gasteiger partial charge is 0.161 e. The zero-order valence-corrected chi connectivity index (χ0v) is 10.8. The molecule has 0 amide bonds. The molecule has 2 aromatic rings. The Morgan fingerprint density at radius 3 is 2.50 bits per heavy atom. The minimum absolute atomic E-state index is 0.0386. The van der Waals surface area contributed by atoms with Crippen molar-refractivity contribution in [2.75, 3.05) is 11.1 Å². The van der Waals surface area contributed by atoms with Crippen molar-refractivity contribution in [3.63, 3.8) is 0 Å². The van der Waals surface area contributed by atoms with Crippen LogP contribution in [-0.4, -0.2) is 5.78 Å². The maximum atomic E-state index is 13.2. The number of hydrogen-bond acceptors (Lipinski definition) is 4. The number of nitrogens with one attached hydrogen (secondary N) is 1. The van der Waals surface area contributed by atoms with Crippen LogP contribution in [0.1, 0.15) is 22.8 Å². The molecule has 2 rings (SSSR count). The Labute approximate surface area is 115 Å². The van der Waals surface area contributed by atoms with Crippen molar-refractivity contribution in [3.05, 3.63) is 53.3 Å². The molecule has 5 heteroatoms. The molecule has 100 valence electrons. The first-order chi connectivity index (χ1) is 9.51. The largest absolute Gasteiger partial charge is 0.398 e. The van der Waals surface area contributed by atoms with Gasteiger partial charge in [-0.1, -0.05) is 0 Å². The number of Topliss-reactive ketones (excluding diaryl/α,β-unsaturated/α-hetero) is 1. The summed E-state index contributed by atoms with van der Waals surface area (Å²) in [5.41, 5.74) is 7.78. The fourth-order valence-electron chi connectivity index (χ4n) is 1.82. The monoisotopic (exact) mass is 269 g/mol. The van der Waals surface area contributed by atoms with E-state index in [1.54, 1.807) is 24.3 Å². The number of nitrogen functional groups attached to an aromatic ring is 1. The first-order valence-corrected chi connectivity index (χ1v) is 5.88. The molecule has 0 aliphatic heterocycles. The topological polar surface area (TPSA) is 78.9 Å². The van der Waals surface area contributed by atoms with E-state index in [1.807, 2.05) is 0 Å². The van der Waals surface area contributed by atoms with Crippen molar-refractivity contribution in [2.45, 2.75) is 6.92 Å². The number of rotatable bonds is 3. The number of nitrogens with zero attached hydrogens (tertiary/aromatic N) is 1. The number of carbonyl (C=O) groups excluding carboxylic acids is 1. The van der Waals surface area contributed by atoms with E-state index in [9.17, 15) is 9.18 Å². The van der Waals surface area contributed by atoms with E-state index in [4.69, 9.17) is 11.0 Å². The van der Waals surface area contributed by atoms with Crippen LogP contribution < -0.4 is 11.1 Å². The Hall–Kier alpha value is -2.87. The van der Waals surface area contributed by atoms with E-state index in [1.165, 1.54) is 25.1 Å². The maximum Gasteiger partial charge on any atom is 0.161 e. The summed E-state index contributed by atoms with van der Waals surface area (Å²) in [4.78, 5) is 11.3. The maximum absolute atomic E-state index is 13.2. The number of ketones is 1. The van der Waals surface area contributed by atoms with Gasteiger partial charge < -0.3 is 11.1 Å². The number of nitrogens with two attached hydrogens (primary N) is 1. The molecule has 0 aromatic heterocycles. The van der Waals surface area contributed by atoms with Gasteiger partial charge in [-0.15, -0.1) is 0 Å². The van der Waals surface area contributed by atoms with E-state index in [-0.39, 0.29) is 11.3 Å². The quantitative estimate of drug-likeness (QED) is 0.662. The molecule has 0 saturated heterocycles. The van der Waals surface area contributed by atoms with E-state index in [0.717, 1.165) is 0 Å². The van der Waals surface area contributed by atoms with Crippen molar-refractivity contribution in [2.24, 2.45) is 0 Å². The van der Waals surface area contributed by atoms with Crippen molar-refractivity contribution in [1.29, 1.82) is 5.26 Å². The summed E-state index contributed by atoms with van der Waals surface area (Å²) in [7, 11) is 0. The molecule has 0 heterocycles. The minimum atomic E-state index is -0.565. The van der Waals surface area contributed by atoms with E-state index in [0.29, 0.717) is 22.6 Å². The summed E-state index contributed by atoms with van der Waals surface area (Å²) in [5, 5.41) is 11.8. The SMILES string of the molecule is CC(=O)c1ccc(Nc2ccc(F)c(C#N)c2)cc1N. The Bertz CT molecular complexity index is 720. The normalized spacial score (nSPS) is 9.85. The van der Waals surface area contributed by atoms with Gasteiger partial charge in [-0.2, -0.15) is 5.26 Å². The van der Waals surface area contributed by atoms with Gasteiger partial charge in [-0.3, -0.25) is 4.79 Å². The summed E-state index contributed by atoms with van der Waals surface area (Å²) in [5.74, 6) is -0.674. The average molecular weight is 269 g/mol. The highest BCUT2D eigenvalue weighted by Crippen LogP contribution is 2.23. The molecule has 4 nitrogen and oxygen atoms in total. The molecule has 0 unspecified atom stereocenters. The van der Waals surface area contributed by atoms with Crippen LogP contribution in [-0.2, 0) is 0 Å². The van der Waals surface area contributed by atoms with Crippen LogP contribution in [0.15, 0.2) is 36.4 Å². The molecule has 0 aliphatic rings. The van der Waals surface area contributed by atoms with Crippen LogP contribution in [0.25, 0.3) is 0 Å². The first-order valence-electron chi connectivity index (χ1n) is 5.88. The van der Waals surface area contributed by atoms with Crippen LogP contribution >= 0.6 is 0 Å². The lowest BCUT2D eigenvalue weighted by Crippen LogP contribution is -2.01. The summed E-state index contributed by atoms with van der Waals surface area (Å²) < 4.78 is 13.2. The van der Waals surface area contributed by atoms with Crippen molar-refractivity contribution < 1.29 is 9.18 Å². The Morgan fingerprint density at radius 1 is 1.25 bits per heavy atom. The molecule has 2 aromatic carbocycles. The highest BCUT2D eigenvalue weighted by atomic mass is 19.1. The van der Waals surface area contributed by atoms with Gasteiger partial charge in [0.05, 0.1) is 5.56 Å². The molecule has 0 bridgehead atoms.